The lowest BCUT2D eigenvalue weighted by molar-refractivity contribution is -0.136. The minimum Gasteiger partial charge on any atom is -0.471 e. The Bertz CT molecular complexity index is 847. The van der Waals surface area contributed by atoms with Crippen molar-refractivity contribution in [3.8, 4) is 5.88 Å². The SMILES string of the molecule is Cc1ccnc(OCc2nn(C)c3c2CN(C(=O)C2CC=CC2)CC3)c1. The molecule has 0 unspecified atom stereocenters. The fourth-order valence-corrected chi connectivity index (χ4v) is 3.78. The Morgan fingerprint density at radius 2 is 2.15 bits per heavy atom. The zero-order valence-electron chi connectivity index (χ0n) is 15.3. The second-order valence-electron chi connectivity index (χ2n) is 7.11. The molecule has 1 aliphatic carbocycles. The third kappa shape index (κ3) is 3.23. The number of aromatic nitrogens is 3. The number of rotatable bonds is 4. The number of hydrogen-bond acceptors (Lipinski definition) is 4. The summed E-state index contributed by atoms with van der Waals surface area (Å²) >= 11 is 0. The molecular weight excluding hydrogens is 328 g/mol. The van der Waals surface area contributed by atoms with Crippen LogP contribution in [0, 0.1) is 12.8 Å². The van der Waals surface area contributed by atoms with Crippen molar-refractivity contribution in [3.05, 3.63) is 53.0 Å². The van der Waals surface area contributed by atoms with Gasteiger partial charge in [0.25, 0.3) is 0 Å². The van der Waals surface area contributed by atoms with Crippen LogP contribution in [0.4, 0.5) is 0 Å². The second-order valence-corrected chi connectivity index (χ2v) is 7.11. The van der Waals surface area contributed by atoms with Crippen molar-refractivity contribution in [1.82, 2.24) is 19.7 Å². The number of nitrogens with zero attached hydrogens (tertiary/aromatic N) is 4. The van der Waals surface area contributed by atoms with Gasteiger partial charge in [-0.25, -0.2) is 4.98 Å². The Labute approximate surface area is 153 Å². The molecule has 6 heteroatoms. The number of allylic oxidation sites excluding steroid dienone is 2. The number of hydrogen-bond donors (Lipinski definition) is 0. The molecule has 1 amide bonds. The van der Waals surface area contributed by atoms with Crippen LogP contribution >= 0.6 is 0 Å². The fraction of sp³-hybridized carbons (Fsp3) is 0.450. The summed E-state index contributed by atoms with van der Waals surface area (Å²) in [5.41, 5.74) is 4.34. The predicted molar refractivity (Wildman–Crippen MR) is 97.5 cm³/mol. The molecule has 4 rings (SSSR count). The lowest BCUT2D eigenvalue weighted by Crippen LogP contribution is -2.39. The summed E-state index contributed by atoms with van der Waals surface area (Å²) in [5.74, 6) is 0.978. The number of pyridine rings is 1. The van der Waals surface area contributed by atoms with Crippen LogP contribution in [0.2, 0.25) is 0 Å². The van der Waals surface area contributed by atoms with Crippen LogP contribution in [0.25, 0.3) is 0 Å². The van der Waals surface area contributed by atoms with Crippen molar-refractivity contribution in [2.75, 3.05) is 6.54 Å². The molecule has 2 aliphatic rings. The van der Waals surface area contributed by atoms with E-state index in [1.54, 1.807) is 6.20 Å². The Morgan fingerprint density at radius 3 is 2.92 bits per heavy atom. The van der Waals surface area contributed by atoms with Crippen molar-refractivity contribution < 1.29 is 9.53 Å². The molecule has 0 N–H and O–H groups in total. The first-order chi connectivity index (χ1) is 12.6. The molecule has 2 aromatic rings. The van der Waals surface area contributed by atoms with Crippen LogP contribution in [0.5, 0.6) is 5.88 Å². The summed E-state index contributed by atoms with van der Waals surface area (Å²) in [6.45, 7) is 3.77. The van der Waals surface area contributed by atoms with E-state index >= 15 is 0 Å². The largest absolute Gasteiger partial charge is 0.471 e. The molecule has 1 aliphatic heterocycles. The molecule has 136 valence electrons. The van der Waals surface area contributed by atoms with Gasteiger partial charge in [-0.15, -0.1) is 0 Å². The van der Waals surface area contributed by atoms with Gasteiger partial charge >= 0.3 is 0 Å². The van der Waals surface area contributed by atoms with E-state index in [0.717, 1.165) is 42.6 Å². The van der Waals surface area contributed by atoms with Gasteiger partial charge in [0.2, 0.25) is 11.8 Å². The number of aryl methyl sites for hydroxylation is 2. The highest BCUT2D eigenvalue weighted by molar-refractivity contribution is 5.80. The smallest absolute Gasteiger partial charge is 0.226 e. The molecule has 0 bridgehead atoms. The zero-order valence-corrected chi connectivity index (χ0v) is 15.3. The number of ether oxygens (including phenoxy) is 1. The Hall–Kier alpha value is -2.63. The molecule has 0 aromatic carbocycles. The van der Waals surface area contributed by atoms with Gasteiger partial charge in [-0.2, -0.15) is 5.10 Å². The molecule has 0 fully saturated rings. The summed E-state index contributed by atoms with van der Waals surface area (Å²) in [4.78, 5) is 19.0. The summed E-state index contributed by atoms with van der Waals surface area (Å²) in [6, 6.07) is 3.86. The molecule has 0 spiro atoms. The maximum Gasteiger partial charge on any atom is 0.226 e. The number of fused-ring (bicyclic) bond motifs is 1. The summed E-state index contributed by atoms with van der Waals surface area (Å²) in [6.07, 6.45) is 8.53. The van der Waals surface area contributed by atoms with Gasteiger partial charge in [-0.1, -0.05) is 12.2 Å². The molecule has 26 heavy (non-hydrogen) atoms. The first-order valence-corrected chi connectivity index (χ1v) is 9.14. The average Bonchev–Trinajstić information content (AvgIpc) is 3.28. The molecular formula is C20H24N4O2. The topological polar surface area (TPSA) is 60.3 Å². The maximum absolute atomic E-state index is 12.8. The molecule has 2 aromatic heterocycles. The van der Waals surface area contributed by atoms with Gasteiger partial charge in [-0.3, -0.25) is 9.48 Å². The number of carbonyl (C=O) groups excluding carboxylic acids is 1. The highest BCUT2D eigenvalue weighted by atomic mass is 16.5. The van der Waals surface area contributed by atoms with E-state index in [4.69, 9.17) is 4.74 Å². The van der Waals surface area contributed by atoms with E-state index in [2.05, 4.69) is 22.2 Å². The van der Waals surface area contributed by atoms with Crippen LogP contribution in [-0.4, -0.2) is 32.1 Å². The molecule has 6 nitrogen and oxygen atoms in total. The first kappa shape index (κ1) is 16.8. The van der Waals surface area contributed by atoms with Crippen molar-refractivity contribution in [2.24, 2.45) is 13.0 Å². The van der Waals surface area contributed by atoms with Crippen LogP contribution in [0.1, 0.15) is 35.4 Å². The molecule has 0 radical (unpaired) electrons. The molecule has 0 atom stereocenters. The monoisotopic (exact) mass is 352 g/mol. The fourth-order valence-electron chi connectivity index (χ4n) is 3.78. The lowest BCUT2D eigenvalue weighted by Gasteiger charge is -2.30. The Kier molecular flexibility index (Phi) is 4.49. The summed E-state index contributed by atoms with van der Waals surface area (Å²) in [5, 5.41) is 4.63. The van der Waals surface area contributed by atoms with Crippen LogP contribution in [0.15, 0.2) is 30.5 Å². The van der Waals surface area contributed by atoms with Crippen LogP contribution in [0.3, 0.4) is 0 Å². The number of carbonyl (C=O) groups is 1. The van der Waals surface area contributed by atoms with E-state index in [0.29, 0.717) is 19.0 Å². The normalized spacial score (nSPS) is 16.8. The Morgan fingerprint density at radius 1 is 1.35 bits per heavy atom. The summed E-state index contributed by atoms with van der Waals surface area (Å²) < 4.78 is 7.77. The second kappa shape index (κ2) is 6.94. The van der Waals surface area contributed by atoms with E-state index in [1.807, 2.05) is 35.7 Å². The quantitative estimate of drug-likeness (QED) is 0.794. The summed E-state index contributed by atoms with van der Waals surface area (Å²) in [7, 11) is 1.96. The molecule has 0 saturated heterocycles. The third-order valence-electron chi connectivity index (χ3n) is 5.24. The van der Waals surface area contributed by atoms with Crippen molar-refractivity contribution in [3.63, 3.8) is 0 Å². The molecule has 0 saturated carbocycles. The number of amides is 1. The van der Waals surface area contributed by atoms with Crippen molar-refractivity contribution in [2.45, 2.75) is 39.3 Å². The maximum atomic E-state index is 12.8. The average molecular weight is 352 g/mol. The van der Waals surface area contributed by atoms with Crippen molar-refractivity contribution >= 4 is 5.91 Å². The minimum absolute atomic E-state index is 0.115. The Balaban J connectivity index is 1.49. The van der Waals surface area contributed by atoms with Gasteiger partial charge in [-0.05, 0) is 31.4 Å². The highest BCUT2D eigenvalue weighted by Crippen LogP contribution is 2.27. The van der Waals surface area contributed by atoms with E-state index in [-0.39, 0.29) is 11.8 Å². The highest BCUT2D eigenvalue weighted by Gasteiger charge is 2.30. The third-order valence-corrected chi connectivity index (χ3v) is 5.24. The minimum atomic E-state index is 0.115. The van der Waals surface area contributed by atoms with Gasteiger partial charge in [0.15, 0.2) is 0 Å². The van der Waals surface area contributed by atoms with Gasteiger partial charge in [0.1, 0.15) is 12.3 Å². The zero-order chi connectivity index (χ0) is 18.1. The standard InChI is InChI=1S/C20H24N4O2/c1-14-7-9-21-19(11-14)26-13-17-16-12-24(10-8-18(16)23(2)22-17)20(25)15-5-3-4-6-15/h3-4,7,9,11,15H,5-6,8,10,12-13H2,1-2H3. The van der Waals surface area contributed by atoms with E-state index < -0.39 is 0 Å². The van der Waals surface area contributed by atoms with Crippen LogP contribution in [-0.2, 0) is 31.4 Å². The van der Waals surface area contributed by atoms with Gasteiger partial charge < -0.3 is 9.64 Å². The van der Waals surface area contributed by atoms with Gasteiger partial charge in [0.05, 0.1) is 0 Å². The van der Waals surface area contributed by atoms with Crippen LogP contribution < -0.4 is 4.74 Å². The lowest BCUT2D eigenvalue weighted by atomic mass is 10.0. The van der Waals surface area contributed by atoms with Gasteiger partial charge in [0, 0.05) is 56.0 Å². The van der Waals surface area contributed by atoms with Crippen molar-refractivity contribution in [1.29, 1.82) is 0 Å². The predicted octanol–water partition coefficient (Wildman–Crippen LogP) is 2.55. The molecule has 3 heterocycles. The van der Waals surface area contributed by atoms with E-state index in [1.165, 1.54) is 5.69 Å². The van der Waals surface area contributed by atoms with E-state index in [9.17, 15) is 4.79 Å². The first-order valence-electron chi connectivity index (χ1n) is 9.14.